The van der Waals surface area contributed by atoms with Crippen LogP contribution in [0.3, 0.4) is 0 Å². The summed E-state index contributed by atoms with van der Waals surface area (Å²) in [5.74, 6) is -0.0563. The third kappa shape index (κ3) is 3.14. The topological polar surface area (TPSA) is 34.9 Å². The first-order chi connectivity index (χ1) is 10.1. The third-order valence-corrected chi connectivity index (χ3v) is 4.77. The molecule has 1 aromatic heterocycles. The Morgan fingerprint density at radius 1 is 1.24 bits per heavy atom. The van der Waals surface area contributed by atoms with Gasteiger partial charge in [-0.05, 0) is 31.0 Å². The van der Waals surface area contributed by atoms with Crippen LogP contribution in [-0.4, -0.2) is 15.6 Å². The summed E-state index contributed by atoms with van der Waals surface area (Å²) in [5.41, 5.74) is 1.24. The van der Waals surface area contributed by atoms with Gasteiger partial charge >= 0.3 is 0 Å². The Labute approximate surface area is 133 Å². The second-order valence-corrected chi connectivity index (χ2v) is 6.21. The van der Waals surface area contributed by atoms with Gasteiger partial charge < -0.3 is 0 Å². The van der Waals surface area contributed by atoms with Crippen LogP contribution in [0.5, 0.6) is 0 Å². The Kier molecular flexibility index (Phi) is 4.32. The molecule has 0 bridgehead atoms. The molecule has 1 saturated carbocycles. The molecule has 21 heavy (non-hydrogen) atoms. The Bertz CT molecular complexity index is 660. The highest BCUT2D eigenvalue weighted by molar-refractivity contribution is 6.43. The molecular weight excluding hydrogens is 307 g/mol. The van der Waals surface area contributed by atoms with Crippen LogP contribution in [0, 0.1) is 0 Å². The van der Waals surface area contributed by atoms with Crippen LogP contribution in [0.25, 0.3) is 0 Å². The number of carbonyl (C=O) groups is 1. The number of ketones is 1. The molecule has 2 aromatic rings. The highest BCUT2D eigenvalue weighted by Crippen LogP contribution is 2.29. The number of carbonyl (C=O) groups excluding carboxylic acids is 1. The molecule has 1 aromatic carbocycles. The minimum Gasteiger partial charge on any atom is -0.294 e. The first kappa shape index (κ1) is 14.6. The summed E-state index contributed by atoms with van der Waals surface area (Å²) in [7, 11) is 0. The second-order valence-electron chi connectivity index (χ2n) is 5.43. The quantitative estimate of drug-likeness (QED) is 0.762. The van der Waals surface area contributed by atoms with Crippen molar-refractivity contribution in [3.63, 3.8) is 0 Å². The summed E-state index contributed by atoms with van der Waals surface area (Å²) in [6.45, 7) is 0. The van der Waals surface area contributed by atoms with Gasteiger partial charge in [0.1, 0.15) is 0 Å². The molecule has 0 spiro atoms. The van der Waals surface area contributed by atoms with E-state index in [0.717, 1.165) is 5.69 Å². The first-order valence-corrected chi connectivity index (χ1v) is 7.92. The number of nitrogens with zero attached hydrogens (tertiary/aromatic N) is 2. The van der Waals surface area contributed by atoms with E-state index in [1.165, 1.54) is 25.7 Å². The van der Waals surface area contributed by atoms with E-state index >= 15 is 0 Å². The van der Waals surface area contributed by atoms with Crippen LogP contribution in [0.15, 0.2) is 30.5 Å². The lowest BCUT2D eigenvalue weighted by Gasteiger charge is -2.08. The third-order valence-electron chi connectivity index (χ3n) is 3.96. The van der Waals surface area contributed by atoms with Crippen molar-refractivity contribution in [1.29, 1.82) is 0 Å². The fourth-order valence-electron chi connectivity index (χ4n) is 2.82. The predicted octanol–water partition coefficient (Wildman–Crippen LogP) is 4.73. The zero-order valence-electron chi connectivity index (χ0n) is 11.6. The lowest BCUT2D eigenvalue weighted by Crippen LogP contribution is -2.08. The maximum Gasteiger partial charge on any atom is 0.170 e. The number of aromatic nitrogens is 2. The number of Topliss-reactive ketones (excluding diaryl/α,β-unsaturated/α-hetero) is 1. The van der Waals surface area contributed by atoms with Crippen molar-refractivity contribution in [2.24, 2.45) is 0 Å². The van der Waals surface area contributed by atoms with Crippen LogP contribution < -0.4 is 0 Å². The molecule has 3 rings (SSSR count). The maximum atomic E-state index is 12.3. The highest BCUT2D eigenvalue weighted by Gasteiger charge is 2.19. The summed E-state index contributed by atoms with van der Waals surface area (Å²) < 4.78 is 2.00. The van der Waals surface area contributed by atoms with E-state index in [1.54, 1.807) is 18.2 Å². The molecule has 0 saturated heterocycles. The molecular formula is C16H16Cl2N2O. The van der Waals surface area contributed by atoms with Gasteiger partial charge in [-0.15, -0.1) is 0 Å². The van der Waals surface area contributed by atoms with E-state index in [4.69, 9.17) is 23.2 Å². The minimum atomic E-state index is -0.0563. The SMILES string of the molecule is O=C(Cc1ccn(C2CCCC2)n1)c1cccc(Cl)c1Cl. The summed E-state index contributed by atoms with van der Waals surface area (Å²) in [6.07, 6.45) is 7.09. The molecule has 5 heteroatoms. The average molecular weight is 323 g/mol. The van der Waals surface area contributed by atoms with E-state index in [-0.39, 0.29) is 12.2 Å². The molecule has 0 unspecified atom stereocenters. The van der Waals surface area contributed by atoms with Crippen molar-refractivity contribution in [3.05, 3.63) is 51.8 Å². The van der Waals surface area contributed by atoms with Crippen molar-refractivity contribution in [1.82, 2.24) is 9.78 Å². The van der Waals surface area contributed by atoms with Crippen LogP contribution in [0.1, 0.15) is 47.8 Å². The highest BCUT2D eigenvalue weighted by atomic mass is 35.5. The molecule has 1 aliphatic rings. The number of hydrogen-bond acceptors (Lipinski definition) is 2. The predicted molar refractivity (Wildman–Crippen MR) is 84.2 cm³/mol. The van der Waals surface area contributed by atoms with Gasteiger partial charge in [-0.1, -0.05) is 42.1 Å². The van der Waals surface area contributed by atoms with Crippen LogP contribution >= 0.6 is 23.2 Å². The van der Waals surface area contributed by atoms with E-state index in [2.05, 4.69) is 5.10 Å². The van der Waals surface area contributed by atoms with Gasteiger partial charge in [0.25, 0.3) is 0 Å². The Morgan fingerprint density at radius 3 is 2.76 bits per heavy atom. The minimum absolute atomic E-state index is 0.0563. The monoisotopic (exact) mass is 322 g/mol. The van der Waals surface area contributed by atoms with Crippen molar-refractivity contribution in [2.45, 2.75) is 38.1 Å². The van der Waals surface area contributed by atoms with E-state index in [9.17, 15) is 4.79 Å². The van der Waals surface area contributed by atoms with E-state index < -0.39 is 0 Å². The number of benzene rings is 1. The van der Waals surface area contributed by atoms with Crippen LogP contribution in [0.4, 0.5) is 0 Å². The normalized spacial score (nSPS) is 15.5. The molecule has 1 aliphatic carbocycles. The lowest BCUT2D eigenvalue weighted by molar-refractivity contribution is 0.0992. The van der Waals surface area contributed by atoms with Gasteiger partial charge in [-0.25, -0.2) is 0 Å². The van der Waals surface area contributed by atoms with Gasteiger partial charge in [0.15, 0.2) is 5.78 Å². The Balaban J connectivity index is 1.74. The molecule has 1 fully saturated rings. The fraction of sp³-hybridized carbons (Fsp3) is 0.375. The van der Waals surface area contributed by atoms with E-state index in [1.807, 2.05) is 16.9 Å². The van der Waals surface area contributed by atoms with Gasteiger partial charge in [0, 0.05) is 11.8 Å². The second kappa shape index (κ2) is 6.20. The first-order valence-electron chi connectivity index (χ1n) is 7.16. The summed E-state index contributed by atoms with van der Waals surface area (Å²) >= 11 is 12.0. The average Bonchev–Trinajstić information content (AvgIpc) is 3.12. The van der Waals surface area contributed by atoms with E-state index in [0.29, 0.717) is 21.7 Å². The molecule has 1 heterocycles. The fourth-order valence-corrected chi connectivity index (χ4v) is 3.23. The largest absolute Gasteiger partial charge is 0.294 e. The number of halogens is 2. The van der Waals surface area contributed by atoms with Gasteiger partial charge in [-0.3, -0.25) is 9.48 Å². The molecule has 3 nitrogen and oxygen atoms in total. The van der Waals surface area contributed by atoms with Gasteiger partial charge in [0.2, 0.25) is 0 Å². The molecule has 0 radical (unpaired) electrons. The molecule has 0 aliphatic heterocycles. The summed E-state index contributed by atoms with van der Waals surface area (Å²) in [4.78, 5) is 12.3. The van der Waals surface area contributed by atoms with Gasteiger partial charge in [-0.2, -0.15) is 5.10 Å². The zero-order valence-corrected chi connectivity index (χ0v) is 13.1. The summed E-state index contributed by atoms with van der Waals surface area (Å²) in [5, 5.41) is 5.25. The van der Waals surface area contributed by atoms with Crippen molar-refractivity contribution < 1.29 is 4.79 Å². The Hall–Kier alpha value is -1.32. The molecule has 110 valence electrons. The van der Waals surface area contributed by atoms with Gasteiger partial charge in [0.05, 0.1) is 28.2 Å². The summed E-state index contributed by atoms with van der Waals surface area (Å²) in [6, 6.07) is 7.51. The van der Waals surface area contributed by atoms with Crippen molar-refractivity contribution in [3.8, 4) is 0 Å². The molecule has 0 amide bonds. The maximum absolute atomic E-state index is 12.3. The lowest BCUT2D eigenvalue weighted by atomic mass is 10.1. The molecule has 0 N–H and O–H groups in total. The van der Waals surface area contributed by atoms with Crippen molar-refractivity contribution >= 4 is 29.0 Å². The zero-order chi connectivity index (χ0) is 14.8. The smallest absolute Gasteiger partial charge is 0.170 e. The number of rotatable bonds is 4. The molecule has 0 atom stereocenters. The Morgan fingerprint density at radius 2 is 2.00 bits per heavy atom. The van der Waals surface area contributed by atoms with Crippen LogP contribution in [0.2, 0.25) is 10.0 Å². The van der Waals surface area contributed by atoms with Crippen LogP contribution in [-0.2, 0) is 6.42 Å². The number of hydrogen-bond donors (Lipinski definition) is 0. The standard InChI is InChI=1S/C16H16Cl2N2O/c17-14-7-3-6-13(16(14)18)15(21)10-11-8-9-20(19-11)12-4-1-2-5-12/h3,6-9,12H,1-2,4-5,10H2. The van der Waals surface area contributed by atoms with Crippen molar-refractivity contribution in [2.75, 3.05) is 0 Å².